The maximum atomic E-state index is 16.4. The Bertz CT molecular complexity index is 1520. The first kappa shape index (κ1) is 23.6. The molecule has 3 aliphatic rings. The predicted molar refractivity (Wildman–Crippen MR) is 148 cm³/mol. The maximum absolute atomic E-state index is 16.4. The number of piperazine rings is 1. The van der Waals surface area contributed by atoms with Gasteiger partial charge in [-0.05, 0) is 60.2 Å². The quantitative estimate of drug-likeness (QED) is 0.304. The number of fused-ring (bicyclic) bond motifs is 4. The van der Waals surface area contributed by atoms with Crippen LogP contribution in [-0.2, 0) is 0 Å². The van der Waals surface area contributed by atoms with Crippen LogP contribution in [0, 0.1) is 11.7 Å². The molecular weight excluding hydrogens is 481 g/mol. The number of phenolic OH excluding ortho intramolecular Hbond substituents is 1. The van der Waals surface area contributed by atoms with Crippen LogP contribution >= 0.6 is 0 Å². The summed E-state index contributed by atoms with van der Waals surface area (Å²) in [6, 6.07) is 15.5. The lowest BCUT2D eigenvalue weighted by molar-refractivity contribution is 0.138. The Balaban J connectivity index is 1.36. The second-order valence-electron chi connectivity index (χ2n) is 11.1. The number of nitrogens with zero attached hydrogens (tertiary/aromatic N) is 3. The first-order valence-corrected chi connectivity index (χ1v) is 13.7. The van der Waals surface area contributed by atoms with Crippen LogP contribution in [0.3, 0.4) is 0 Å². The smallest absolute Gasteiger partial charge is 0.225 e. The van der Waals surface area contributed by atoms with E-state index in [1.807, 2.05) is 30.3 Å². The van der Waals surface area contributed by atoms with Crippen molar-refractivity contribution in [2.24, 2.45) is 5.92 Å². The monoisotopic (exact) mass is 513 g/mol. The zero-order chi connectivity index (χ0) is 25.8. The molecule has 7 nitrogen and oxygen atoms in total. The molecule has 3 heterocycles. The molecule has 4 atom stereocenters. The second kappa shape index (κ2) is 9.36. The van der Waals surface area contributed by atoms with Gasteiger partial charge in [0.25, 0.3) is 0 Å². The molecule has 8 heteroatoms. The fraction of sp³-hybridized carbons (Fsp3) is 0.400. The summed E-state index contributed by atoms with van der Waals surface area (Å²) >= 11 is 0. The topological polar surface area (TPSA) is 93.5 Å². The Morgan fingerprint density at radius 2 is 1.76 bits per heavy atom. The molecule has 0 amide bonds. The van der Waals surface area contributed by atoms with Crippen LogP contribution < -0.4 is 15.5 Å². The van der Waals surface area contributed by atoms with Crippen LogP contribution in [0.25, 0.3) is 32.8 Å². The van der Waals surface area contributed by atoms with Gasteiger partial charge in [-0.3, -0.25) is 0 Å². The number of rotatable bonds is 5. The predicted octanol–water partition coefficient (Wildman–Crippen LogP) is 4.81. The van der Waals surface area contributed by atoms with E-state index in [1.165, 1.54) is 0 Å². The molecule has 0 radical (unpaired) electrons. The number of hydrogen-bond acceptors (Lipinski definition) is 7. The van der Waals surface area contributed by atoms with Gasteiger partial charge in [0.15, 0.2) is 5.82 Å². The first-order chi connectivity index (χ1) is 18.5. The van der Waals surface area contributed by atoms with Crippen LogP contribution in [0.15, 0.2) is 48.5 Å². The van der Waals surface area contributed by atoms with E-state index in [9.17, 15) is 10.2 Å². The van der Waals surface area contributed by atoms with E-state index < -0.39 is 5.82 Å². The van der Waals surface area contributed by atoms with Crippen molar-refractivity contribution in [2.45, 2.75) is 50.3 Å². The molecule has 38 heavy (non-hydrogen) atoms. The zero-order valence-electron chi connectivity index (χ0n) is 21.2. The normalized spacial score (nSPS) is 24.9. The maximum Gasteiger partial charge on any atom is 0.225 e. The molecule has 3 aromatic carbocycles. The lowest BCUT2D eigenvalue weighted by Crippen LogP contribution is -2.51. The Kier molecular flexibility index (Phi) is 5.82. The standard InChI is InChI=1S/C30H32FN5O2/c31-27-23(25-13-21(37)12-17-4-1-2-6-22(17)25)10-11-24-28(27)34-30(32-14-18-5-3-7-26(18)38)35-29(24)36-15-19-8-9-20(16-36)33-19/h1-2,4,6,10-13,18-20,26,33,37-38H,3,5,7-9,14-16H2,(H,32,34,35). The van der Waals surface area contributed by atoms with Crippen molar-refractivity contribution in [3.8, 4) is 16.9 Å². The minimum atomic E-state index is -0.427. The summed E-state index contributed by atoms with van der Waals surface area (Å²) in [5.41, 5.74) is 1.29. The van der Waals surface area contributed by atoms with E-state index in [-0.39, 0.29) is 23.3 Å². The van der Waals surface area contributed by atoms with E-state index in [4.69, 9.17) is 4.98 Å². The molecule has 3 fully saturated rings. The second-order valence-corrected chi connectivity index (χ2v) is 11.1. The van der Waals surface area contributed by atoms with Crippen LogP contribution in [-0.4, -0.2) is 58.0 Å². The van der Waals surface area contributed by atoms with Gasteiger partial charge >= 0.3 is 0 Å². The molecule has 1 aliphatic carbocycles. The third-order valence-electron chi connectivity index (χ3n) is 8.58. The van der Waals surface area contributed by atoms with Crippen molar-refractivity contribution in [3.63, 3.8) is 0 Å². The molecule has 4 aromatic rings. The minimum absolute atomic E-state index is 0.0929. The van der Waals surface area contributed by atoms with Crippen LogP contribution in [0.4, 0.5) is 16.2 Å². The number of benzene rings is 3. The highest BCUT2D eigenvalue weighted by Crippen LogP contribution is 2.39. The van der Waals surface area contributed by atoms with E-state index in [1.54, 1.807) is 18.2 Å². The molecule has 1 saturated carbocycles. The van der Waals surface area contributed by atoms with Gasteiger partial charge in [-0.25, -0.2) is 9.37 Å². The van der Waals surface area contributed by atoms with Gasteiger partial charge < -0.3 is 25.7 Å². The summed E-state index contributed by atoms with van der Waals surface area (Å²) in [5, 5.41) is 30.1. The van der Waals surface area contributed by atoms with Crippen molar-refractivity contribution in [1.29, 1.82) is 0 Å². The molecule has 4 unspecified atom stereocenters. The first-order valence-electron chi connectivity index (χ1n) is 13.7. The summed E-state index contributed by atoms with van der Waals surface area (Å²) in [4.78, 5) is 11.8. The summed E-state index contributed by atoms with van der Waals surface area (Å²) in [6.45, 7) is 2.20. The van der Waals surface area contributed by atoms with Crippen molar-refractivity contribution in [1.82, 2.24) is 15.3 Å². The van der Waals surface area contributed by atoms with E-state index >= 15 is 4.39 Å². The number of phenols is 1. The van der Waals surface area contributed by atoms with Crippen molar-refractivity contribution >= 4 is 33.4 Å². The number of nitrogens with one attached hydrogen (secondary N) is 2. The Morgan fingerprint density at radius 3 is 2.55 bits per heavy atom. The molecule has 7 rings (SSSR count). The molecule has 2 bridgehead atoms. The number of hydrogen-bond donors (Lipinski definition) is 4. The van der Waals surface area contributed by atoms with Gasteiger partial charge in [-0.2, -0.15) is 4.98 Å². The number of aliphatic hydroxyl groups excluding tert-OH is 1. The number of aliphatic hydroxyl groups is 1. The van der Waals surface area contributed by atoms with E-state index in [0.29, 0.717) is 41.1 Å². The van der Waals surface area contributed by atoms with Crippen molar-refractivity contribution in [3.05, 3.63) is 54.3 Å². The van der Waals surface area contributed by atoms with Crippen LogP contribution in [0.5, 0.6) is 5.75 Å². The third kappa shape index (κ3) is 4.12. The molecule has 2 aliphatic heterocycles. The van der Waals surface area contributed by atoms with E-state index in [0.717, 1.165) is 61.8 Å². The highest BCUT2D eigenvalue weighted by molar-refractivity contribution is 6.01. The van der Waals surface area contributed by atoms with Gasteiger partial charge in [-0.1, -0.05) is 36.8 Å². The number of aromatic nitrogens is 2. The Labute approximate surface area is 220 Å². The number of anilines is 2. The molecular formula is C30H32FN5O2. The molecule has 1 aromatic heterocycles. The van der Waals surface area contributed by atoms with Crippen LogP contribution in [0.2, 0.25) is 0 Å². The number of aromatic hydroxyl groups is 1. The minimum Gasteiger partial charge on any atom is -0.508 e. The van der Waals surface area contributed by atoms with Gasteiger partial charge in [0.2, 0.25) is 5.95 Å². The van der Waals surface area contributed by atoms with Crippen LogP contribution in [0.1, 0.15) is 32.1 Å². The highest BCUT2D eigenvalue weighted by atomic mass is 19.1. The fourth-order valence-electron chi connectivity index (χ4n) is 6.64. The third-order valence-corrected chi connectivity index (χ3v) is 8.58. The summed E-state index contributed by atoms with van der Waals surface area (Å²) in [6.07, 6.45) is 4.73. The summed E-state index contributed by atoms with van der Waals surface area (Å²) in [7, 11) is 0. The van der Waals surface area contributed by atoms with Crippen molar-refractivity contribution < 1.29 is 14.6 Å². The molecule has 196 valence electrons. The van der Waals surface area contributed by atoms with E-state index in [2.05, 4.69) is 20.5 Å². The van der Waals surface area contributed by atoms with Gasteiger partial charge in [0.1, 0.15) is 17.1 Å². The molecule has 0 spiro atoms. The average molecular weight is 514 g/mol. The largest absolute Gasteiger partial charge is 0.508 e. The van der Waals surface area contributed by atoms with Gasteiger partial charge in [-0.15, -0.1) is 0 Å². The average Bonchev–Trinajstić information content (AvgIpc) is 3.50. The lowest BCUT2D eigenvalue weighted by Gasteiger charge is -2.34. The highest BCUT2D eigenvalue weighted by Gasteiger charge is 2.34. The summed E-state index contributed by atoms with van der Waals surface area (Å²) in [5.74, 6) is 0.935. The Morgan fingerprint density at radius 1 is 0.947 bits per heavy atom. The van der Waals surface area contributed by atoms with Gasteiger partial charge in [0, 0.05) is 48.6 Å². The van der Waals surface area contributed by atoms with Crippen molar-refractivity contribution in [2.75, 3.05) is 29.9 Å². The lowest BCUT2D eigenvalue weighted by atomic mass is 9.96. The number of halogens is 1. The van der Waals surface area contributed by atoms with Gasteiger partial charge in [0.05, 0.1) is 6.10 Å². The molecule has 2 saturated heterocycles. The molecule has 4 N–H and O–H groups in total. The zero-order valence-corrected chi connectivity index (χ0v) is 21.2. The summed E-state index contributed by atoms with van der Waals surface area (Å²) < 4.78 is 16.4. The Hall–Kier alpha value is -3.49. The fourth-order valence-corrected chi connectivity index (χ4v) is 6.64. The SMILES string of the molecule is Oc1cc(-c2ccc3c(N4CC5CCC(C4)N5)nc(NCC4CCCC4O)nc3c2F)c2ccccc2c1.